The van der Waals surface area contributed by atoms with Gasteiger partial charge in [0.05, 0.1) is 13.2 Å². The number of hydrogen-bond acceptors (Lipinski definition) is 4. The Morgan fingerprint density at radius 3 is 2.45 bits per heavy atom. The van der Waals surface area contributed by atoms with E-state index in [1.165, 1.54) is 20.0 Å². The summed E-state index contributed by atoms with van der Waals surface area (Å²) in [4.78, 5) is 25.7. The van der Waals surface area contributed by atoms with Crippen molar-refractivity contribution in [3.05, 3.63) is 0 Å². The van der Waals surface area contributed by atoms with Gasteiger partial charge in [-0.15, -0.1) is 0 Å². The summed E-state index contributed by atoms with van der Waals surface area (Å²) in [5.74, 6) is 3.16. The molecular weight excluding hydrogens is 388 g/mol. The number of aliphatic hydroxyl groups excluding tert-OH is 1. The summed E-state index contributed by atoms with van der Waals surface area (Å²) < 4.78 is 4.87. The lowest BCUT2D eigenvalue weighted by Crippen LogP contribution is -2.60. The number of carbonyl (C=O) groups excluding carboxylic acids is 2. The quantitative estimate of drug-likeness (QED) is 0.590. The molecular formula is C27H44O4. The van der Waals surface area contributed by atoms with Crippen LogP contribution in [0.3, 0.4) is 0 Å². The largest absolute Gasteiger partial charge is 0.469 e. The highest BCUT2D eigenvalue weighted by Gasteiger charge is 2.65. The van der Waals surface area contributed by atoms with Crippen LogP contribution >= 0.6 is 0 Å². The molecule has 5 unspecified atom stereocenters. The van der Waals surface area contributed by atoms with E-state index in [2.05, 4.69) is 27.7 Å². The fourth-order valence-corrected chi connectivity index (χ4v) is 9.26. The van der Waals surface area contributed by atoms with E-state index in [9.17, 15) is 14.7 Å². The molecule has 0 aromatic heterocycles. The molecule has 4 heteroatoms. The predicted molar refractivity (Wildman–Crippen MR) is 121 cm³/mol. The van der Waals surface area contributed by atoms with Crippen LogP contribution in [0.4, 0.5) is 0 Å². The second-order valence-corrected chi connectivity index (χ2v) is 12.0. The minimum absolute atomic E-state index is 0.109. The molecule has 176 valence electrons. The Balaban J connectivity index is 1.59. The Hall–Kier alpha value is -0.900. The van der Waals surface area contributed by atoms with Crippen molar-refractivity contribution in [2.75, 3.05) is 7.11 Å². The topological polar surface area (TPSA) is 63.6 Å². The smallest absolute Gasteiger partial charge is 0.305 e. The van der Waals surface area contributed by atoms with E-state index in [0.29, 0.717) is 41.8 Å². The van der Waals surface area contributed by atoms with E-state index in [-0.39, 0.29) is 34.7 Å². The second-order valence-electron chi connectivity index (χ2n) is 12.0. The fourth-order valence-electron chi connectivity index (χ4n) is 9.26. The molecule has 0 bridgehead atoms. The molecule has 0 aromatic carbocycles. The highest BCUT2D eigenvalue weighted by molar-refractivity contribution is 5.86. The minimum atomic E-state index is -0.225. The van der Waals surface area contributed by atoms with Crippen LogP contribution < -0.4 is 0 Å². The average molecular weight is 433 g/mol. The number of esters is 1. The van der Waals surface area contributed by atoms with Gasteiger partial charge in [0.15, 0.2) is 0 Å². The van der Waals surface area contributed by atoms with Crippen molar-refractivity contribution in [3.63, 3.8) is 0 Å². The first kappa shape index (κ1) is 23.3. The minimum Gasteiger partial charge on any atom is -0.469 e. The van der Waals surface area contributed by atoms with E-state index in [0.717, 1.165) is 44.9 Å². The summed E-state index contributed by atoms with van der Waals surface area (Å²) in [7, 11) is 1.47. The van der Waals surface area contributed by atoms with Gasteiger partial charge in [-0.05, 0) is 98.2 Å². The molecule has 10 atom stereocenters. The third-order valence-corrected chi connectivity index (χ3v) is 10.9. The number of ketones is 1. The van der Waals surface area contributed by atoms with Gasteiger partial charge in [0.2, 0.25) is 0 Å². The summed E-state index contributed by atoms with van der Waals surface area (Å²) >= 11 is 0. The van der Waals surface area contributed by atoms with Gasteiger partial charge in [-0.25, -0.2) is 0 Å². The molecule has 0 radical (unpaired) electrons. The summed E-state index contributed by atoms with van der Waals surface area (Å²) in [6.45, 7) is 9.42. The number of carbonyl (C=O) groups is 2. The zero-order chi connectivity index (χ0) is 22.6. The molecule has 4 nitrogen and oxygen atoms in total. The van der Waals surface area contributed by atoms with Gasteiger partial charge < -0.3 is 9.84 Å². The zero-order valence-corrected chi connectivity index (χ0v) is 20.4. The Morgan fingerprint density at radius 1 is 1.10 bits per heavy atom. The molecule has 0 aromatic rings. The summed E-state index contributed by atoms with van der Waals surface area (Å²) in [5.41, 5.74) is 0.413. The van der Waals surface area contributed by atoms with Gasteiger partial charge in [-0.1, -0.05) is 27.7 Å². The van der Waals surface area contributed by atoms with Crippen molar-refractivity contribution < 1.29 is 19.4 Å². The number of fused-ring (bicyclic) bond motifs is 5. The molecule has 0 saturated heterocycles. The van der Waals surface area contributed by atoms with Crippen molar-refractivity contribution in [3.8, 4) is 0 Å². The molecule has 4 aliphatic rings. The van der Waals surface area contributed by atoms with Gasteiger partial charge in [-0.3, -0.25) is 9.59 Å². The first-order chi connectivity index (χ1) is 14.7. The molecule has 0 aliphatic heterocycles. The zero-order valence-electron chi connectivity index (χ0n) is 20.4. The maximum absolute atomic E-state index is 14.0. The Kier molecular flexibility index (Phi) is 6.35. The number of Topliss-reactive ketones (excluding diaryl/α,β-unsaturated/α-hetero) is 1. The monoisotopic (exact) mass is 432 g/mol. The summed E-state index contributed by atoms with van der Waals surface area (Å²) in [5, 5.41) is 10.4. The van der Waals surface area contributed by atoms with Gasteiger partial charge in [-0.2, -0.15) is 0 Å². The highest BCUT2D eigenvalue weighted by atomic mass is 16.5. The van der Waals surface area contributed by atoms with E-state index in [1.807, 2.05) is 0 Å². The normalized spacial score (nSPS) is 47.8. The maximum Gasteiger partial charge on any atom is 0.305 e. The van der Waals surface area contributed by atoms with E-state index in [1.54, 1.807) is 0 Å². The van der Waals surface area contributed by atoms with Crippen molar-refractivity contribution >= 4 is 11.8 Å². The van der Waals surface area contributed by atoms with Gasteiger partial charge in [0, 0.05) is 18.3 Å². The number of aliphatic hydroxyl groups is 1. The lowest BCUT2D eigenvalue weighted by Gasteiger charge is -2.62. The van der Waals surface area contributed by atoms with Crippen LogP contribution in [-0.2, 0) is 14.3 Å². The number of hydrogen-bond donors (Lipinski definition) is 1. The van der Waals surface area contributed by atoms with Crippen LogP contribution in [0.5, 0.6) is 0 Å². The fraction of sp³-hybridized carbons (Fsp3) is 0.926. The van der Waals surface area contributed by atoms with Crippen molar-refractivity contribution in [1.82, 2.24) is 0 Å². The number of rotatable bonds is 5. The molecule has 4 fully saturated rings. The van der Waals surface area contributed by atoms with Crippen LogP contribution in [-0.4, -0.2) is 30.1 Å². The standard InChI is InChI=1S/C27H44O4/c1-6-18-22-15-17(28)11-13-27(22,4)21-12-14-26(3)19(16(2)7-10-23(29)31-5)8-9-20(26)24(21)25(18)30/h16-22,24,28H,6-15H2,1-5H3/t16-,17-,18-,19?,20?,21?,22?,24?,26-,27-/m1/s1. The molecule has 1 N–H and O–H groups in total. The molecule has 4 saturated carbocycles. The van der Waals surface area contributed by atoms with Crippen LogP contribution in [0.25, 0.3) is 0 Å². The van der Waals surface area contributed by atoms with Gasteiger partial charge in [0.25, 0.3) is 0 Å². The second kappa shape index (κ2) is 8.47. The molecule has 4 rings (SSSR count). The van der Waals surface area contributed by atoms with E-state index in [4.69, 9.17) is 4.74 Å². The van der Waals surface area contributed by atoms with Crippen LogP contribution in [0.2, 0.25) is 0 Å². The predicted octanol–water partition coefficient (Wildman–Crippen LogP) is 5.41. The molecule has 31 heavy (non-hydrogen) atoms. The first-order valence-corrected chi connectivity index (χ1v) is 13.0. The first-order valence-electron chi connectivity index (χ1n) is 13.0. The Labute approximate surface area is 188 Å². The maximum atomic E-state index is 14.0. The lowest BCUT2D eigenvalue weighted by molar-refractivity contribution is -0.173. The molecule has 0 spiro atoms. The lowest BCUT2D eigenvalue weighted by atomic mass is 9.42. The average Bonchev–Trinajstić information content (AvgIpc) is 3.10. The van der Waals surface area contributed by atoms with Gasteiger partial charge in [0.1, 0.15) is 5.78 Å². The molecule has 4 aliphatic carbocycles. The third-order valence-electron chi connectivity index (χ3n) is 10.9. The Bertz CT molecular complexity index is 703. The highest BCUT2D eigenvalue weighted by Crippen LogP contribution is 2.68. The van der Waals surface area contributed by atoms with Crippen molar-refractivity contribution in [1.29, 1.82) is 0 Å². The van der Waals surface area contributed by atoms with Crippen LogP contribution in [0.1, 0.15) is 91.9 Å². The summed E-state index contributed by atoms with van der Waals surface area (Å²) in [6, 6.07) is 0. The van der Waals surface area contributed by atoms with Crippen molar-refractivity contribution in [2.24, 2.45) is 52.3 Å². The van der Waals surface area contributed by atoms with Gasteiger partial charge >= 0.3 is 5.97 Å². The summed E-state index contributed by atoms with van der Waals surface area (Å²) in [6.07, 6.45) is 9.59. The Morgan fingerprint density at radius 2 is 1.77 bits per heavy atom. The SMILES string of the molecule is CC[C@H]1C(=O)C2C3CCC([C@H](C)CCC(=O)OC)[C@@]3(C)CCC2[C@@]2(C)CC[C@@H](O)CC12. The molecule has 0 heterocycles. The van der Waals surface area contributed by atoms with E-state index >= 15 is 0 Å². The third kappa shape index (κ3) is 3.60. The number of ether oxygens (including phenoxy) is 1. The van der Waals surface area contributed by atoms with Crippen LogP contribution in [0, 0.1) is 52.3 Å². The molecule has 0 amide bonds. The number of methoxy groups -OCH3 is 1. The van der Waals surface area contributed by atoms with Crippen molar-refractivity contribution in [2.45, 2.75) is 98.0 Å². The van der Waals surface area contributed by atoms with E-state index < -0.39 is 0 Å². The van der Waals surface area contributed by atoms with Crippen LogP contribution in [0.15, 0.2) is 0 Å².